The number of hydrogen-bond acceptors (Lipinski definition) is 7. The van der Waals surface area contributed by atoms with Crippen molar-refractivity contribution in [2.75, 3.05) is 0 Å². The van der Waals surface area contributed by atoms with E-state index in [-0.39, 0.29) is 11.3 Å². The standard InChI is InChI=1S/C21H19N5O4S/c1-13-11-14(2)23-21(22-13)31-12-15-7-9-16(10-8-15)19(27)24-25-20(28)17-5-3-4-6-18(17)26(29)30/h3-11H,12H2,1-2H3,(H,24,27)(H,25,28). The molecule has 0 atom stereocenters. The second kappa shape index (κ2) is 9.81. The quantitative estimate of drug-likeness (QED) is 0.262. The molecule has 2 N–H and O–H groups in total. The van der Waals surface area contributed by atoms with Crippen LogP contribution in [-0.4, -0.2) is 26.7 Å². The van der Waals surface area contributed by atoms with Gasteiger partial charge in [-0.2, -0.15) is 0 Å². The van der Waals surface area contributed by atoms with Crippen molar-refractivity contribution in [3.8, 4) is 0 Å². The molecule has 0 unspecified atom stereocenters. The molecule has 0 saturated heterocycles. The highest BCUT2D eigenvalue weighted by atomic mass is 32.2. The van der Waals surface area contributed by atoms with Crippen LogP contribution in [0.25, 0.3) is 0 Å². The highest BCUT2D eigenvalue weighted by molar-refractivity contribution is 7.98. The van der Waals surface area contributed by atoms with Crippen molar-refractivity contribution >= 4 is 29.3 Å². The van der Waals surface area contributed by atoms with E-state index in [1.54, 1.807) is 24.3 Å². The molecule has 0 aliphatic heterocycles. The van der Waals surface area contributed by atoms with Crippen LogP contribution in [0.3, 0.4) is 0 Å². The Morgan fingerprint density at radius 3 is 2.23 bits per heavy atom. The van der Waals surface area contributed by atoms with E-state index in [9.17, 15) is 19.7 Å². The first-order chi connectivity index (χ1) is 14.8. The highest BCUT2D eigenvalue weighted by Crippen LogP contribution is 2.20. The van der Waals surface area contributed by atoms with E-state index in [0.29, 0.717) is 16.5 Å². The number of carbonyl (C=O) groups is 2. The van der Waals surface area contributed by atoms with Gasteiger partial charge in [-0.1, -0.05) is 36.0 Å². The first kappa shape index (κ1) is 21.9. The molecule has 9 nitrogen and oxygen atoms in total. The van der Waals surface area contributed by atoms with E-state index < -0.39 is 16.7 Å². The number of para-hydroxylation sites is 1. The molecule has 31 heavy (non-hydrogen) atoms. The van der Waals surface area contributed by atoms with Crippen molar-refractivity contribution < 1.29 is 14.5 Å². The zero-order valence-corrected chi connectivity index (χ0v) is 17.6. The van der Waals surface area contributed by atoms with Crippen LogP contribution in [0.4, 0.5) is 5.69 Å². The molecule has 0 fully saturated rings. The number of carbonyl (C=O) groups excluding carboxylic acids is 2. The number of nitro benzene ring substituents is 1. The van der Waals surface area contributed by atoms with Gasteiger partial charge in [0.05, 0.1) is 4.92 Å². The second-order valence-electron chi connectivity index (χ2n) is 6.60. The van der Waals surface area contributed by atoms with E-state index >= 15 is 0 Å². The predicted molar refractivity (Wildman–Crippen MR) is 116 cm³/mol. The summed E-state index contributed by atoms with van der Waals surface area (Å²) in [6.45, 7) is 3.84. The van der Waals surface area contributed by atoms with Crippen molar-refractivity contribution in [3.05, 3.63) is 92.8 Å². The number of aromatic nitrogens is 2. The average Bonchev–Trinajstić information content (AvgIpc) is 2.75. The van der Waals surface area contributed by atoms with Gasteiger partial charge in [0.2, 0.25) is 0 Å². The van der Waals surface area contributed by atoms with Gasteiger partial charge in [-0.3, -0.25) is 30.6 Å². The van der Waals surface area contributed by atoms with E-state index in [1.165, 1.54) is 36.0 Å². The Morgan fingerprint density at radius 1 is 0.968 bits per heavy atom. The van der Waals surface area contributed by atoms with Crippen LogP contribution in [0, 0.1) is 24.0 Å². The number of rotatable bonds is 6. The fraction of sp³-hybridized carbons (Fsp3) is 0.143. The Labute approximate surface area is 182 Å². The van der Waals surface area contributed by atoms with Gasteiger partial charge in [0.15, 0.2) is 5.16 Å². The molecular weight excluding hydrogens is 418 g/mol. The Bertz CT molecular complexity index is 1110. The van der Waals surface area contributed by atoms with Gasteiger partial charge in [-0.05, 0) is 43.7 Å². The molecule has 158 valence electrons. The van der Waals surface area contributed by atoms with Gasteiger partial charge in [0.25, 0.3) is 17.5 Å². The fourth-order valence-electron chi connectivity index (χ4n) is 2.74. The monoisotopic (exact) mass is 437 g/mol. The molecule has 2 aromatic carbocycles. The lowest BCUT2D eigenvalue weighted by Crippen LogP contribution is -2.41. The molecule has 0 radical (unpaired) electrons. The molecule has 3 aromatic rings. The molecule has 3 rings (SSSR count). The minimum Gasteiger partial charge on any atom is -0.267 e. The maximum Gasteiger partial charge on any atom is 0.282 e. The van der Waals surface area contributed by atoms with Crippen molar-refractivity contribution in [3.63, 3.8) is 0 Å². The number of hydrazine groups is 1. The maximum absolute atomic E-state index is 12.3. The van der Waals surface area contributed by atoms with Gasteiger partial charge >= 0.3 is 0 Å². The second-order valence-corrected chi connectivity index (χ2v) is 7.54. The van der Waals surface area contributed by atoms with E-state index in [1.807, 2.05) is 19.9 Å². The predicted octanol–water partition coefficient (Wildman–Crippen LogP) is 3.37. The Hall–Kier alpha value is -3.79. The van der Waals surface area contributed by atoms with Crippen molar-refractivity contribution in [1.29, 1.82) is 0 Å². The van der Waals surface area contributed by atoms with Crippen LogP contribution in [0.2, 0.25) is 0 Å². The lowest BCUT2D eigenvalue weighted by molar-refractivity contribution is -0.385. The van der Waals surface area contributed by atoms with E-state index in [2.05, 4.69) is 20.8 Å². The molecule has 2 amide bonds. The zero-order valence-electron chi connectivity index (χ0n) is 16.8. The summed E-state index contributed by atoms with van der Waals surface area (Å²) < 4.78 is 0. The van der Waals surface area contributed by atoms with Gasteiger partial charge in [-0.15, -0.1) is 0 Å². The van der Waals surface area contributed by atoms with Crippen LogP contribution >= 0.6 is 11.8 Å². The Kier molecular flexibility index (Phi) is 6.93. The van der Waals surface area contributed by atoms with Crippen molar-refractivity contribution in [2.24, 2.45) is 0 Å². The van der Waals surface area contributed by atoms with Crippen molar-refractivity contribution in [1.82, 2.24) is 20.8 Å². The number of benzene rings is 2. The number of hydrogen-bond donors (Lipinski definition) is 2. The normalized spacial score (nSPS) is 10.4. The SMILES string of the molecule is Cc1cc(C)nc(SCc2ccc(C(=O)NNC(=O)c3ccccc3[N+](=O)[O-])cc2)n1. The minimum absolute atomic E-state index is 0.145. The molecule has 0 aliphatic rings. The first-order valence-electron chi connectivity index (χ1n) is 9.21. The van der Waals surface area contributed by atoms with Gasteiger partial charge < -0.3 is 0 Å². The highest BCUT2D eigenvalue weighted by Gasteiger charge is 2.19. The number of nitro groups is 1. The summed E-state index contributed by atoms with van der Waals surface area (Å²) in [6.07, 6.45) is 0. The number of amides is 2. The number of nitrogens with zero attached hydrogens (tertiary/aromatic N) is 3. The van der Waals surface area contributed by atoms with Crippen LogP contribution in [0.15, 0.2) is 59.8 Å². The topological polar surface area (TPSA) is 127 Å². The average molecular weight is 437 g/mol. The number of aryl methyl sites for hydroxylation is 2. The Morgan fingerprint density at radius 2 is 1.58 bits per heavy atom. The Balaban J connectivity index is 1.57. The molecule has 0 bridgehead atoms. The summed E-state index contributed by atoms with van der Waals surface area (Å²) in [7, 11) is 0. The molecule has 1 aromatic heterocycles. The largest absolute Gasteiger partial charge is 0.282 e. The third-order valence-corrected chi connectivity index (χ3v) is 5.10. The molecule has 0 aliphatic carbocycles. The van der Waals surface area contributed by atoms with Crippen molar-refractivity contribution in [2.45, 2.75) is 24.8 Å². The number of nitrogens with one attached hydrogen (secondary N) is 2. The zero-order chi connectivity index (χ0) is 22.4. The summed E-state index contributed by atoms with van der Waals surface area (Å²) in [5.74, 6) is -0.676. The smallest absolute Gasteiger partial charge is 0.267 e. The summed E-state index contributed by atoms with van der Waals surface area (Å²) >= 11 is 1.50. The van der Waals surface area contributed by atoms with E-state index in [4.69, 9.17) is 0 Å². The summed E-state index contributed by atoms with van der Waals surface area (Å²) in [4.78, 5) is 43.6. The summed E-state index contributed by atoms with van der Waals surface area (Å²) in [5, 5.41) is 11.7. The first-order valence-corrected chi connectivity index (χ1v) is 10.2. The van der Waals surface area contributed by atoms with Crippen LogP contribution in [0.5, 0.6) is 0 Å². The minimum atomic E-state index is -0.776. The summed E-state index contributed by atoms with van der Waals surface area (Å²) in [5.41, 5.74) is 7.11. The lowest BCUT2D eigenvalue weighted by atomic mass is 10.1. The summed E-state index contributed by atoms with van der Waals surface area (Å²) in [6, 6.07) is 14.3. The van der Waals surface area contributed by atoms with Crippen LogP contribution < -0.4 is 10.9 Å². The maximum atomic E-state index is 12.3. The van der Waals surface area contributed by atoms with Gasteiger partial charge in [0.1, 0.15) is 5.56 Å². The van der Waals surface area contributed by atoms with Gasteiger partial charge in [-0.25, -0.2) is 9.97 Å². The molecule has 0 saturated carbocycles. The van der Waals surface area contributed by atoms with E-state index in [0.717, 1.165) is 17.0 Å². The lowest BCUT2D eigenvalue weighted by Gasteiger charge is -2.08. The third kappa shape index (κ3) is 5.86. The fourth-order valence-corrected chi connectivity index (χ4v) is 3.64. The molecule has 0 spiro atoms. The van der Waals surface area contributed by atoms with Crippen LogP contribution in [0.1, 0.15) is 37.7 Å². The molecule has 1 heterocycles. The molecular formula is C21H19N5O4S. The molecule has 10 heteroatoms. The van der Waals surface area contributed by atoms with Crippen LogP contribution in [-0.2, 0) is 5.75 Å². The number of thioether (sulfide) groups is 1. The van der Waals surface area contributed by atoms with Gasteiger partial charge in [0, 0.05) is 28.8 Å². The third-order valence-electron chi connectivity index (χ3n) is 4.18.